The third-order valence-electron chi connectivity index (χ3n) is 3.15. The van der Waals surface area contributed by atoms with Crippen LogP contribution in [-0.2, 0) is 0 Å². The van der Waals surface area contributed by atoms with E-state index in [9.17, 15) is 5.11 Å². The van der Waals surface area contributed by atoms with E-state index in [1.807, 2.05) is 6.92 Å². The fourth-order valence-electron chi connectivity index (χ4n) is 1.76. The third-order valence-corrected chi connectivity index (χ3v) is 3.15. The molecule has 1 saturated carbocycles. The van der Waals surface area contributed by atoms with Crippen molar-refractivity contribution in [3.8, 4) is 0 Å². The Balaban J connectivity index is 2.17. The summed E-state index contributed by atoms with van der Waals surface area (Å²) in [6, 6.07) is 0.493. The minimum Gasteiger partial charge on any atom is -0.392 e. The molecule has 1 aliphatic rings. The monoisotopic (exact) mass is 183 g/mol. The molecule has 2 heteroatoms. The Labute approximate surface area is 81.0 Å². The van der Waals surface area contributed by atoms with Gasteiger partial charge in [-0.15, -0.1) is 0 Å². The fraction of sp³-hybridized carbons (Fsp3) is 0.818. The van der Waals surface area contributed by atoms with Crippen LogP contribution < -0.4 is 5.32 Å². The first-order chi connectivity index (χ1) is 6.09. The van der Waals surface area contributed by atoms with Crippen LogP contribution in [0.2, 0.25) is 0 Å². The first-order valence-corrected chi connectivity index (χ1v) is 5.11. The van der Waals surface area contributed by atoms with Crippen molar-refractivity contribution in [3.63, 3.8) is 0 Å². The number of hydrogen-bond acceptors (Lipinski definition) is 2. The van der Waals surface area contributed by atoms with Crippen LogP contribution in [0.4, 0.5) is 0 Å². The van der Waals surface area contributed by atoms with Crippen LogP contribution in [0.3, 0.4) is 0 Å². The number of aliphatic hydroxyl groups is 1. The van der Waals surface area contributed by atoms with Gasteiger partial charge in [0.1, 0.15) is 0 Å². The molecule has 13 heavy (non-hydrogen) atoms. The molecule has 76 valence electrons. The van der Waals surface area contributed by atoms with Gasteiger partial charge in [0.15, 0.2) is 0 Å². The van der Waals surface area contributed by atoms with Crippen LogP contribution in [-0.4, -0.2) is 23.8 Å². The van der Waals surface area contributed by atoms with Crippen molar-refractivity contribution in [1.82, 2.24) is 5.32 Å². The van der Waals surface area contributed by atoms with Crippen molar-refractivity contribution in [2.75, 3.05) is 6.54 Å². The van der Waals surface area contributed by atoms with Gasteiger partial charge in [0.2, 0.25) is 0 Å². The van der Waals surface area contributed by atoms with Crippen molar-refractivity contribution in [2.24, 2.45) is 5.41 Å². The Morgan fingerprint density at radius 1 is 1.54 bits per heavy atom. The van der Waals surface area contributed by atoms with Crippen molar-refractivity contribution in [1.29, 1.82) is 0 Å². The van der Waals surface area contributed by atoms with Gasteiger partial charge < -0.3 is 10.4 Å². The number of aliphatic hydroxyl groups excluding tert-OH is 1. The Hall–Kier alpha value is -0.340. The van der Waals surface area contributed by atoms with Gasteiger partial charge in [-0.2, -0.15) is 0 Å². The second-order valence-corrected chi connectivity index (χ2v) is 4.44. The average molecular weight is 183 g/mol. The van der Waals surface area contributed by atoms with Gasteiger partial charge in [0.05, 0.1) is 6.10 Å². The first-order valence-electron chi connectivity index (χ1n) is 5.11. The first kappa shape index (κ1) is 10.7. The summed E-state index contributed by atoms with van der Waals surface area (Å²) in [5, 5.41) is 13.0. The van der Waals surface area contributed by atoms with E-state index in [0.29, 0.717) is 6.04 Å². The molecule has 0 amide bonds. The number of rotatable bonds is 4. The predicted octanol–water partition coefficient (Wildman–Crippen LogP) is 1.70. The van der Waals surface area contributed by atoms with Gasteiger partial charge in [-0.05, 0) is 26.3 Å². The molecule has 0 radical (unpaired) electrons. The summed E-state index contributed by atoms with van der Waals surface area (Å²) in [6.45, 7) is 7.30. The Morgan fingerprint density at radius 2 is 2.23 bits per heavy atom. The summed E-state index contributed by atoms with van der Waals surface area (Å²) in [7, 11) is 0. The topological polar surface area (TPSA) is 32.3 Å². The average Bonchev–Trinajstić information content (AvgIpc) is 2.10. The quantitative estimate of drug-likeness (QED) is 0.513. The van der Waals surface area contributed by atoms with Crippen molar-refractivity contribution in [2.45, 2.75) is 45.8 Å². The molecule has 0 aromatic rings. The van der Waals surface area contributed by atoms with E-state index in [1.54, 1.807) is 0 Å². The summed E-state index contributed by atoms with van der Waals surface area (Å²) < 4.78 is 0. The molecule has 2 nitrogen and oxygen atoms in total. The lowest BCUT2D eigenvalue weighted by Crippen LogP contribution is -2.60. The van der Waals surface area contributed by atoms with Crippen LogP contribution >= 0.6 is 0 Å². The fourth-order valence-corrected chi connectivity index (χ4v) is 1.76. The van der Waals surface area contributed by atoms with Crippen molar-refractivity contribution < 1.29 is 5.11 Å². The zero-order chi connectivity index (χ0) is 9.90. The summed E-state index contributed by atoms with van der Waals surface area (Å²) in [4.78, 5) is 0. The van der Waals surface area contributed by atoms with Gasteiger partial charge in [0, 0.05) is 11.5 Å². The molecule has 2 atom stereocenters. The molecule has 0 aromatic carbocycles. The smallest absolute Gasteiger partial charge is 0.0621 e. The van der Waals surface area contributed by atoms with Crippen LogP contribution in [0.5, 0.6) is 0 Å². The van der Waals surface area contributed by atoms with Gasteiger partial charge in [-0.3, -0.25) is 0 Å². The highest BCUT2D eigenvalue weighted by atomic mass is 16.3. The lowest BCUT2D eigenvalue weighted by atomic mass is 9.64. The molecular weight excluding hydrogens is 162 g/mol. The second kappa shape index (κ2) is 4.25. The Kier molecular flexibility index (Phi) is 3.51. The van der Waals surface area contributed by atoms with Gasteiger partial charge in [-0.1, -0.05) is 26.0 Å². The van der Waals surface area contributed by atoms with E-state index in [4.69, 9.17) is 0 Å². The highest BCUT2D eigenvalue weighted by Crippen LogP contribution is 2.40. The molecule has 2 unspecified atom stereocenters. The molecule has 1 aliphatic carbocycles. The summed E-state index contributed by atoms with van der Waals surface area (Å²) in [5.41, 5.74) is 0.0654. The predicted molar refractivity (Wildman–Crippen MR) is 55.6 cm³/mol. The Bertz CT molecular complexity index is 187. The maximum absolute atomic E-state index is 9.49. The van der Waals surface area contributed by atoms with Crippen molar-refractivity contribution >= 4 is 0 Å². The largest absolute Gasteiger partial charge is 0.392 e. The molecule has 1 fully saturated rings. The highest BCUT2D eigenvalue weighted by Gasteiger charge is 2.46. The standard InChI is InChI=1S/C11H21NO/c1-4-5-6-7-12-9-8-10(13)11(9,2)3/h4-5,9-10,12-13H,6-8H2,1-3H3/b5-4+. The Morgan fingerprint density at radius 3 is 2.69 bits per heavy atom. The van der Waals surface area contributed by atoms with Crippen LogP contribution in [0.25, 0.3) is 0 Å². The van der Waals surface area contributed by atoms with E-state index in [1.165, 1.54) is 0 Å². The van der Waals surface area contributed by atoms with E-state index < -0.39 is 0 Å². The van der Waals surface area contributed by atoms with Crippen LogP contribution in [0.1, 0.15) is 33.6 Å². The maximum atomic E-state index is 9.49. The van der Waals surface area contributed by atoms with Gasteiger partial charge in [0.25, 0.3) is 0 Å². The molecule has 0 aliphatic heterocycles. The minimum atomic E-state index is -0.119. The van der Waals surface area contributed by atoms with Gasteiger partial charge in [-0.25, -0.2) is 0 Å². The zero-order valence-electron chi connectivity index (χ0n) is 8.88. The summed E-state index contributed by atoms with van der Waals surface area (Å²) in [5.74, 6) is 0. The SMILES string of the molecule is C/C=C/CCNC1CC(O)C1(C)C. The lowest BCUT2D eigenvalue weighted by molar-refractivity contribution is -0.0720. The lowest BCUT2D eigenvalue weighted by Gasteiger charge is -2.49. The van der Waals surface area contributed by atoms with E-state index in [0.717, 1.165) is 19.4 Å². The number of hydrogen-bond donors (Lipinski definition) is 2. The normalized spacial score (nSPS) is 32.0. The second-order valence-electron chi connectivity index (χ2n) is 4.44. The zero-order valence-corrected chi connectivity index (χ0v) is 8.88. The number of allylic oxidation sites excluding steroid dienone is 1. The molecule has 0 bridgehead atoms. The van der Waals surface area contributed by atoms with Crippen LogP contribution in [0, 0.1) is 5.41 Å². The minimum absolute atomic E-state index is 0.0654. The third kappa shape index (κ3) is 2.32. The molecular formula is C11H21NO. The molecule has 2 N–H and O–H groups in total. The van der Waals surface area contributed by atoms with E-state index >= 15 is 0 Å². The summed E-state index contributed by atoms with van der Waals surface area (Å²) in [6.07, 6.45) is 6.10. The maximum Gasteiger partial charge on any atom is 0.0621 e. The molecule has 0 spiro atoms. The summed E-state index contributed by atoms with van der Waals surface area (Å²) >= 11 is 0. The number of nitrogens with one attached hydrogen (secondary N) is 1. The molecule has 0 heterocycles. The molecule has 0 aromatic heterocycles. The molecule has 1 rings (SSSR count). The van der Waals surface area contributed by atoms with Crippen molar-refractivity contribution in [3.05, 3.63) is 12.2 Å². The van der Waals surface area contributed by atoms with Crippen LogP contribution in [0.15, 0.2) is 12.2 Å². The van der Waals surface area contributed by atoms with E-state index in [-0.39, 0.29) is 11.5 Å². The van der Waals surface area contributed by atoms with E-state index in [2.05, 4.69) is 31.3 Å². The molecule has 0 saturated heterocycles. The highest BCUT2D eigenvalue weighted by molar-refractivity contribution is 5.01. The van der Waals surface area contributed by atoms with Gasteiger partial charge >= 0.3 is 0 Å².